The number of rotatable bonds is 5. The van der Waals surface area contributed by atoms with Gasteiger partial charge in [0.05, 0.1) is 0 Å². The van der Waals surface area contributed by atoms with Gasteiger partial charge in [0.15, 0.2) is 0 Å². The summed E-state index contributed by atoms with van der Waals surface area (Å²) in [6.07, 6.45) is 0. The SMILES string of the molecule is Cc1c(OCc2ccccc2)ccc([C@H](C)NN)c1O. The van der Waals surface area contributed by atoms with Gasteiger partial charge in [-0.15, -0.1) is 0 Å². The molecule has 0 fully saturated rings. The Morgan fingerprint density at radius 1 is 1.20 bits per heavy atom. The summed E-state index contributed by atoms with van der Waals surface area (Å²) in [5, 5.41) is 10.2. The molecule has 0 aliphatic rings. The maximum absolute atomic E-state index is 10.2. The molecule has 2 aromatic rings. The van der Waals surface area contributed by atoms with Crippen LogP contribution in [0, 0.1) is 6.92 Å². The Hall–Kier alpha value is -2.04. The first kappa shape index (κ1) is 14.4. The predicted octanol–water partition coefficient (Wildman–Crippen LogP) is 2.80. The molecule has 4 nitrogen and oxygen atoms in total. The van der Waals surface area contributed by atoms with Crippen molar-refractivity contribution in [1.82, 2.24) is 5.43 Å². The third-order valence-corrected chi connectivity index (χ3v) is 3.37. The first-order valence-electron chi connectivity index (χ1n) is 6.58. The molecule has 4 heteroatoms. The minimum Gasteiger partial charge on any atom is -0.507 e. The number of nitrogens with one attached hydrogen (secondary N) is 1. The Morgan fingerprint density at radius 2 is 1.90 bits per heavy atom. The van der Waals surface area contributed by atoms with Crippen molar-refractivity contribution < 1.29 is 9.84 Å². The lowest BCUT2D eigenvalue weighted by molar-refractivity contribution is 0.301. The molecule has 106 valence electrons. The van der Waals surface area contributed by atoms with Crippen molar-refractivity contribution in [2.75, 3.05) is 0 Å². The van der Waals surface area contributed by atoms with Gasteiger partial charge in [0.25, 0.3) is 0 Å². The van der Waals surface area contributed by atoms with Gasteiger partial charge in [0, 0.05) is 17.2 Å². The molecule has 0 spiro atoms. The summed E-state index contributed by atoms with van der Waals surface area (Å²) in [6.45, 7) is 4.20. The van der Waals surface area contributed by atoms with Crippen molar-refractivity contribution in [3.8, 4) is 11.5 Å². The Kier molecular flexibility index (Phi) is 4.61. The zero-order valence-electron chi connectivity index (χ0n) is 11.8. The fourth-order valence-electron chi connectivity index (χ4n) is 2.03. The lowest BCUT2D eigenvalue weighted by Crippen LogP contribution is -2.25. The standard InChI is InChI=1S/C16H20N2O2/c1-11-15(20-10-13-6-4-3-5-7-13)9-8-14(16(11)19)12(2)18-17/h3-9,12,18-19H,10,17H2,1-2H3/t12-/m0/s1. The smallest absolute Gasteiger partial charge is 0.126 e. The third kappa shape index (κ3) is 3.10. The van der Waals surface area contributed by atoms with Gasteiger partial charge in [-0.3, -0.25) is 11.3 Å². The van der Waals surface area contributed by atoms with E-state index < -0.39 is 0 Å². The van der Waals surface area contributed by atoms with Crippen molar-refractivity contribution in [1.29, 1.82) is 0 Å². The van der Waals surface area contributed by atoms with E-state index in [1.54, 1.807) is 0 Å². The highest BCUT2D eigenvalue weighted by molar-refractivity contribution is 5.49. The van der Waals surface area contributed by atoms with Gasteiger partial charge in [-0.1, -0.05) is 36.4 Å². The second kappa shape index (κ2) is 6.41. The summed E-state index contributed by atoms with van der Waals surface area (Å²) in [7, 11) is 0. The average molecular weight is 272 g/mol. The van der Waals surface area contributed by atoms with E-state index >= 15 is 0 Å². The lowest BCUT2D eigenvalue weighted by Gasteiger charge is -2.16. The molecular formula is C16H20N2O2. The first-order valence-corrected chi connectivity index (χ1v) is 6.58. The van der Waals surface area contributed by atoms with Crippen molar-refractivity contribution in [2.45, 2.75) is 26.5 Å². The van der Waals surface area contributed by atoms with Gasteiger partial charge in [0.1, 0.15) is 18.1 Å². The highest BCUT2D eigenvalue weighted by Crippen LogP contribution is 2.33. The number of ether oxygens (including phenoxy) is 1. The Bertz CT molecular complexity index is 570. The van der Waals surface area contributed by atoms with Gasteiger partial charge >= 0.3 is 0 Å². The molecule has 1 atom stereocenters. The molecule has 0 amide bonds. The molecule has 0 heterocycles. The van der Waals surface area contributed by atoms with Crippen LogP contribution < -0.4 is 16.0 Å². The molecule has 0 unspecified atom stereocenters. The van der Waals surface area contributed by atoms with Gasteiger partial charge in [-0.05, 0) is 25.5 Å². The predicted molar refractivity (Wildman–Crippen MR) is 79.4 cm³/mol. The van der Waals surface area contributed by atoms with Crippen LogP contribution in [0.1, 0.15) is 29.7 Å². The van der Waals surface area contributed by atoms with Crippen LogP contribution in [0.5, 0.6) is 11.5 Å². The minimum absolute atomic E-state index is 0.114. The number of phenolic OH excluding ortho intramolecular Hbond substituents is 1. The number of benzene rings is 2. The fraction of sp³-hybridized carbons (Fsp3) is 0.250. The first-order chi connectivity index (χ1) is 9.63. The van der Waals surface area contributed by atoms with Crippen molar-refractivity contribution in [3.05, 3.63) is 59.2 Å². The van der Waals surface area contributed by atoms with E-state index in [0.717, 1.165) is 16.7 Å². The summed E-state index contributed by atoms with van der Waals surface area (Å²) in [4.78, 5) is 0. The monoisotopic (exact) mass is 272 g/mol. The second-order valence-corrected chi connectivity index (χ2v) is 4.79. The molecular weight excluding hydrogens is 252 g/mol. The number of phenols is 1. The van der Waals surface area contributed by atoms with Crippen LogP contribution in [-0.4, -0.2) is 5.11 Å². The van der Waals surface area contributed by atoms with Crippen LogP contribution in [0.15, 0.2) is 42.5 Å². The van der Waals surface area contributed by atoms with Crippen LogP contribution in [-0.2, 0) is 6.61 Å². The molecule has 0 aliphatic heterocycles. The van der Waals surface area contributed by atoms with Crippen LogP contribution in [0.25, 0.3) is 0 Å². The Morgan fingerprint density at radius 3 is 2.55 bits per heavy atom. The van der Waals surface area contributed by atoms with Crippen LogP contribution in [0.4, 0.5) is 0 Å². The summed E-state index contributed by atoms with van der Waals surface area (Å²) < 4.78 is 5.76. The minimum atomic E-state index is -0.114. The second-order valence-electron chi connectivity index (χ2n) is 4.79. The Balaban J connectivity index is 2.15. The number of aromatic hydroxyl groups is 1. The molecule has 4 N–H and O–H groups in total. The normalized spacial score (nSPS) is 12.2. The fourth-order valence-corrected chi connectivity index (χ4v) is 2.03. The van der Waals surface area contributed by atoms with Crippen LogP contribution >= 0.6 is 0 Å². The molecule has 0 aromatic heterocycles. The van der Waals surface area contributed by atoms with E-state index in [0.29, 0.717) is 12.4 Å². The topological polar surface area (TPSA) is 67.5 Å². The van der Waals surface area contributed by atoms with Gasteiger partial charge < -0.3 is 9.84 Å². The van der Waals surface area contributed by atoms with E-state index in [-0.39, 0.29) is 11.8 Å². The summed E-state index contributed by atoms with van der Waals surface area (Å²) in [6, 6.07) is 13.5. The van der Waals surface area contributed by atoms with Crippen LogP contribution in [0.3, 0.4) is 0 Å². The lowest BCUT2D eigenvalue weighted by atomic mass is 10.0. The van der Waals surface area contributed by atoms with Crippen LogP contribution in [0.2, 0.25) is 0 Å². The number of hydrazine groups is 1. The molecule has 2 aromatic carbocycles. The molecule has 0 radical (unpaired) electrons. The van der Waals surface area contributed by atoms with E-state index in [2.05, 4.69) is 5.43 Å². The van der Waals surface area contributed by atoms with E-state index in [1.165, 1.54) is 0 Å². The summed E-state index contributed by atoms with van der Waals surface area (Å²) in [5.41, 5.74) is 5.20. The molecule has 2 rings (SSSR count). The number of nitrogens with two attached hydrogens (primary N) is 1. The molecule has 0 aliphatic carbocycles. The maximum Gasteiger partial charge on any atom is 0.126 e. The van der Waals surface area contributed by atoms with E-state index in [1.807, 2.05) is 56.3 Å². The van der Waals surface area contributed by atoms with Gasteiger partial charge in [0.2, 0.25) is 0 Å². The van der Waals surface area contributed by atoms with Gasteiger partial charge in [-0.25, -0.2) is 0 Å². The van der Waals surface area contributed by atoms with E-state index in [4.69, 9.17) is 10.6 Å². The highest BCUT2D eigenvalue weighted by Gasteiger charge is 2.14. The summed E-state index contributed by atoms with van der Waals surface area (Å²) >= 11 is 0. The third-order valence-electron chi connectivity index (χ3n) is 3.37. The number of hydrogen-bond donors (Lipinski definition) is 3. The highest BCUT2D eigenvalue weighted by atomic mass is 16.5. The van der Waals surface area contributed by atoms with Crippen molar-refractivity contribution in [3.63, 3.8) is 0 Å². The zero-order valence-corrected chi connectivity index (χ0v) is 11.8. The molecule has 0 bridgehead atoms. The quantitative estimate of drug-likeness (QED) is 0.578. The zero-order chi connectivity index (χ0) is 14.5. The molecule has 20 heavy (non-hydrogen) atoms. The van der Waals surface area contributed by atoms with Crippen molar-refractivity contribution in [2.24, 2.45) is 5.84 Å². The van der Waals surface area contributed by atoms with Gasteiger partial charge in [-0.2, -0.15) is 0 Å². The maximum atomic E-state index is 10.2. The summed E-state index contributed by atoms with van der Waals surface area (Å²) in [5.74, 6) is 6.31. The molecule has 0 saturated heterocycles. The van der Waals surface area contributed by atoms with Crippen molar-refractivity contribution >= 4 is 0 Å². The molecule has 0 saturated carbocycles. The Labute approximate surface area is 119 Å². The average Bonchev–Trinajstić information content (AvgIpc) is 2.49. The van der Waals surface area contributed by atoms with E-state index in [9.17, 15) is 5.11 Å². The largest absolute Gasteiger partial charge is 0.507 e. The number of hydrogen-bond acceptors (Lipinski definition) is 4.